The monoisotopic (exact) mass is 264 g/mol. The summed E-state index contributed by atoms with van der Waals surface area (Å²) < 4.78 is 10.6. The van der Waals surface area contributed by atoms with Crippen molar-refractivity contribution in [3.05, 3.63) is 23.8 Å². The number of likely N-dealkylation sites (N-methyl/N-ethyl adjacent to an activating group) is 1. The van der Waals surface area contributed by atoms with Crippen molar-refractivity contribution in [2.75, 3.05) is 20.4 Å². The largest absolute Gasteiger partial charge is 0.454 e. The van der Waals surface area contributed by atoms with Gasteiger partial charge < -0.3 is 19.7 Å². The fraction of sp³-hybridized carbons (Fsp3) is 0.500. The summed E-state index contributed by atoms with van der Waals surface area (Å²) in [7, 11) is 1.80. The maximum atomic E-state index is 11.9. The Bertz CT molecular complexity index is 460. The minimum absolute atomic E-state index is 0.0753. The van der Waals surface area contributed by atoms with Crippen LogP contribution in [0.15, 0.2) is 18.2 Å². The lowest BCUT2D eigenvalue weighted by Crippen LogP contribution is -2.37. The molecule has 1 N–H and O–H groups in total. The van der Waals surface area contributed by atoms with Crippen LogP contribution >= 0.6 is 0 Å². The van der Waals surface area contributed by atoms with Crippen molar-refractivity contribution in [1.29, 1.82) is 0 Å². The zero-order valence-electron chi connectivity index (χ0n) is 11.6. The van der Waals surface area contributed by atoms with Gasteiger partial charge in [-0.3, -0.25) is 4.79 Å². The van der Waals surface area contributed by atoms with E-state index in [1.807, 2.05) is 32.0 Å². The van der Waals surface area contributed by atoms with E-state index in [1.165, 1.54) is 0 Å². The van der Waals surface area contributed by atoms with Gasteiger partial charge in [0.05, 0.1) is 6.54 Å². The molecule has 104 valence electrons. The average molecular weight is 264 g/mol. The fourth-order valence-corrected chi connectivity index (χ4v) is 1.83. The van der Waals surface area contributed by atoms with E-state index in [4.69, 9.17) is 9.47 Å². The SMILES string of the molecule is CC(C)NCC(=O)N(C)Cc1ccc2c(c1)OCO2. The molecule has 5 heteroatoms. The van der Waals surface area contributed by atoms with Crippen LogP contribution in [0, 0.1) is 0 Å². The van der Waals surface area contributed by atoms with E-state index in [-0.39, 0.29) is 12.7 Å². The first-order valence-corrected chi connectivity index (χ1v) is 6.42. The van der Waals surface area contributed by atoms with Crippen LogP contribution in [0.5, 0.6) is 11.5 Å². The van der Waals surface area contributed by atoms with Gasteiger partial charge in [0.15, 0.2) is 11.5 Å². The summed E-state index contributed by atoms with van der Waals surface area (Å²) in [6.07, 6.45) is 0. The highest BCUT2D eigenvalue weighted by molar-refractivity contribution is 5.78. The molecule has 1 heterocycles. The Balaban J connectivity index is 1.91. The number of nitrogens with one attached hydrogen (secondary N) is 1. The minimum atomic E-state index is 0.0753. The topological polar surface area (TPSA) is 50.8 Å². The predicted octanol–water partition coefficient (Wildman–Crippen LogP) is 1.37. The van der Waals surface area contributed by atoms with Crippen molar-refractivity contribution >= 4 is 5.91 Å². The van der Waals surface area contributed by atoms with Crippen molar-refractivity contribution in [2.45, 2.75) is 26.4 Å². The van der Waals surface area contributed by atoms with Gasteiger partial charge in [-0.05, 0) is 17.7 Å². The summed E-state index contributed by atoms with van der Waals surface area (Å²) in [6, 6.07) is 6.06. The molecule has 1 aliphatic rings. The standard InChI is InChI=1S/C14H20N2O3/c1-10(2)15-7-14(17)16(3)8-11-4-5-12-13(6-11)19-9-18-12/h4-6,10,15H,7-9H2,1-3H3. The first kappa shape index (κ1) is 13.7. The number of fused-ring (bicyclic) bond motifs is 1. The summed E-state index contributed by atoms with van der Waals surface area (Å²) in [4.78, 5) is 13.6. The Labute approximate surface area is 113 Å². The second-order valence-corrected chi connectivity index (χ2v) is 4.97. The number of carbonyl (C=O) groups is 1. The van der Waals surface area contributed by atoms with E-state index >= 15 is 0 Å². The van der Waals surface area contributed by atoms with E-state index in [0.29, 0.717) is 19.1 Å². The molecule has 0 spiro atoms. The second kappa shape index (κ2) is 5.93. The molecular formula is C14H20N2O3. The Morgan fingerprint density at radius 3 is 2.84 bits per heavy atom. The van der Waals surface area contributed by atoms with Gasteiger partial charge in [-0.1, -0.05) is 19.9 Å². The van der Waals surface area contributed by atoms with Crippen LogP contribution in [0.4, 0.5) is 0 Å². The number of amides is 1. The summed E-state index contributed by atoms with van der Waals surface area (Å²) in [5.41, 5.74) is 1.03. The molecule has 0 radical (unpaired) electrons. The van der Waals surface area contributed by atoms with Crippen molar-refractivity contribution in [1.82, 2.24) is 10.2 Å². The summed E-state index contributed by atoms with van der Waals surface area (Å²) >= 11 is 0. The third-order valence-corrected chi connectivity index (χ3v) is 2.94. The van der Waals surface area contributed by atoms with Crippen molar-refractivity contribution in [3.8, 4) is 11.5 Å². The van der Waals surface area contributed by atoms with Gasteiger partial charge in [-0.2, -0.15) is 0 Å². The van der Waals surface area contributed by atoms with Crippen LogP contribution in [0.3, 0.4) is 0 Å². The molecule has 1 amide bonds. The summed E-state index contributed by atoms with van der Waals surface area (Å²) in [6.45, 7) is 5.23. The number of rotatable bonds is 5. The zero-order chi connectivity index (χ0) is 13.8. The number of nitrogens with zero attached hydrogens (tertiary/aromatic N) is 1. The lowest BCUT2D eigenvalue weighted by molar-refractivity contribution is -0.129. The minimum Gasteiger partial charge on any atom is -0.454 e. The summed E-state index contributed by atoms with van der Waals surface area (Å²) in [5, 5.41) is 3.12. The predicted molar refractivity (Wildman–Crippen MR) is 72.2 cm³/mol. The van der Waals surface area contributed by atoms with Crippen molar-refractivity contribution < 1.29 is 14.3 Å². The molecule has 0 atom stereocenters. The van der Waals surface area contributed by atoms with Gasteiger partial charge >= 0.3 is 0 Å². The molecular weight excluding hydrogens is 244 g/mol. The number of hydrogen-bond donors (Lipinski definition) is 1. The number of ether oxygens (including phenoxy) is 2. The first-order chi connectivity index (χ1) is 9.06. The van der Waals surface area contributed by atoms with Crippen LogP contribution in [-0.4, -0.2) is 37.2 Å². The number of benzene rings is 1. The van der Waals surface area contributed by atoms with Crippen molar-refractivity contribution in [3.63, 3.8) is 0 Å². The van der Waals surface area contributed by atoms with E-state index in [2.05, 4.69) is 5.32 Å². The van der Waals surface area contributed by atoms with E-state index in [9.17, 15) is 4.79 Å². The molecule has 1 aromatic rings. The molecule has 0 saturated heterocycles. The molecule has 1 aromatic carbocycles. The highest BCUT2D eigenvalue weighted by Gasteiger charge is 2.15. The highest BCUT2D eigenvalue weighted by Crippen LogP contribution is 2.32. The van der Waals surface area contributed by atoms with Crippen LogP contribution < -0.4 is 14.8 Å². The smallest absolute Gasteiger partial charge is 0.236 e. The fourth-order valence-electron chi connectivity index (χ4n) is 1.83. The quantitative estimate of drug-likeness (QED) is 0.872. The molecule has 0 fully saturated rings. The lowest BCUT2D eigenvalue weighted by atomic mass is 10.2. The molecule has 0 saturated carbocycles. The zero-order valence-corrected chi connectivity index (χ0v) is 11.6. The van der Waals surface area contributed by atoms with Gasteiger partial charge in [0, 0.05) is 19.6 Å². The van der Waals surface area contributed by atoms with Crippen LogP contribution in [0.2, 0.25) is 0 Å². The molecule has 2 rings (SSSR count). The molecule has 19 heavy (non-hydrogen) atoms. The van der Waals surface area contributed by atoms with Crippen LogP contribution in [0.1, 0.15) is 19.4 Å². The Kier molecular flexibility index (Phi) is 4.27. The first-order valence-electron chi connectivity index (χ1n) is 6.42. The van der Waals surface area contributed by atoms with E-state index in [0.717, 1.165) is 17.1 Å². The third kappa shape index (κ3) is 3.61. The number of carbonyl (C=O) groups excluding carboxylic acids is 1. The molecule has 5 nitrogen and oxygen atoms in total. The number of hydrogen-bond acceptors (Lipinski definition) is 4. The van der Waals surface area contributed by atoms with Crippen molar-refractivity contribution in [2.24, 2.45) is 0 Å². The normalized spacial score (nSPS) is 12.8. The Morgan fingerprint density at radius 2 is 2.11 bits per heavy atom. The van der Waals surface area contributed by atoms with Crippen LogP contribution in [-0.2, 0) is 11.3 Å². The molecule has 1 aliphatic heterocycles. The molecule has 0 aliphatic carbocycles. The van der Waals surface area contributed by atoms with Gasteiger partial charge in [0.25, 0.3) is 0 Å². The van der Waals surface area contributed by atoms with Gasteiger partial charge in [0.2, 0.25) is 12.7 Å². The highest BCUT2D eigenvalue weighted by atomic mass is 16.7. The maximum Gasteiger partial charge on any atom is 0.236 e. The van der Waals surface area contributed by atoms with Gasteiger partial charge in [0.1, 0.15) is 0 Å². The Morgan fingerprint density at radius 1 is 1.37 bits per heavy atom. The lowest BCUT2D eigenvalue weighted by Gasteiger charge is -2.18. The van der Waals surface area contributed by atoms with E-state index in [1.54, 1.807) is 11.9 Å². The molecule has 0 bridgehead atoms. The van der Waals surface area contributed by atoms with E-state index < -0.39 is 0 Å². The third-order valence-electron chi connectivity index (χ3n) is 2.94. The molecule has 0 unspecified atom stereocenters. The molecule has 0 aromatic heterocycles. The van der Waals surface area contributed by atoms with Gasteiger partial charge in [-0.25, -0.2) is 0 Å². The maximum absolute atomic E-state index is 11.9. The Hall–Kier alpha value is -1.75. The van der Waals surface area contributed by atoms with Gasteiger partial charge in [-0.15, -0.1) is 0 Å². The second-order valence-electron chi connectivity index (χ2n) is 4.97. The summed E-state index contributed by atoms with van der Waals surface area (Å²) in [5.74, 6) is 1.59. The average Bonchev–Trinajstić information content (AvgIpc) is 2.83. The van der Waals surface area contributed by atoms with Crippen LogP contribution in [0.25, 0.3) is 0 Å².